The number of hydrogen-bond donors (Lipinski definition) is 2. The number of piperidine rings is 1. The summed E-state index contributed by atoms with van der Waals surface area (Å²) < 4.78 is 5.33. The van der Waals surface area contributed by atoms with Crippen molar-refractivity contribution in [2.75, 3.05) is 38.6 Å². The number of carbonyl (C=O) groups is 1. The molecular weight excluding hydrogens is 402 g/mol. The molecule has 1 atom stereocenters. The average Bonchev–Trinajstić information content (AvgIpc) is 2.82. The number of nitrogens with zero attached hydrogens (tertiary/aromatic N) is 2. The summed E-state index contributed by atoms with van der Waals surface area (Å²) in [7, 11) is 1.64. The molecule has 1 fully saturated rings. The van der Waals surface area contributed by atoms with E-state index >= 15 is 0 Å². The number of nitrogens with one attached hydrogen (secondary N) is 1. The van der Waals surface area contributed by atoms with E-state index in [9.17, 15) is 9.90 Å². The summed E-state index contributed by atoms with van der Waals surface area (Å²) in [5.74, 6) is 2.22. The smallest absolute Gasteiger partial charge is 0.157 e. The van der Waals surface area contributed by atoms with Crippen LogP contribution in [0, 0.1) is 11.8 Å². The Kier molecular flexibility index (Phi) is 9.15. The number of rotatable bonds is 12. The van der Waals surface area contributed by atoms with Gasteiger partial charge in [-0.25, -0.2) is 0 Å². The van der Waals surface area contributed by atoms with Crippen molar-refractivity contribution in [1.29, 1.82) is 0 Å². The number of Topliss-reactive ketones (excluding diaryl/α,β-unsaturated/α-hetero) is 1. The molecule has 2 heterocycles. The minimum absolute atomic E-state index is 0.170. The van der Waals surface area contributed by atoms with Crippen LogP contribution in [0.5, 0.6) is 11.5 Å². The van der Waals surface area contributed by atoms with Crippen molar-refractivity contribution in [3.63, 3.8) is 0 Å². The molecule has 2 N–H and O–H groups in total. The summed E-state index contributed by atoms with van der Waals surface area (Å²) in [4.78, 5) is 19.0. The van der Waals surface area contributed by atoms with E-state index in [2.05, 4.69) is 29.0 Å². The van der Waals surface area contributed by atoms with Crippen molar-refractivity contribution in [2.24, 2.45) is 11.8 Å². The lowest BCUT2D eigenvalue weighted by Crippen LogP contribution is -2.36. The molecule has 6 heteroatoms. The summed E-state index contributed by atoms with van der Waals surface area (Å²) in [6, 6.07) is 5.70. The Hall–Kier alpha value is -2.34. The number of likely N-dealkylation sites (tertiary alicyclic amines) is 1. The fraction of sp³-hybridized carbons (Fsp3) is 0.615. The van der Waals surface area contributed by atoms with Gasteiger partial charge in [0.25, 0.3) is 0 Å². The molecule has 0 saturated carbocycles. The minimum atomic E-state index is 0.170. The van der Waals surface area contributed by atoms with Gasteiger partial charge in [0.1, 0.15) is 11.5 Å². The maximum Gasteiger partial charge on any atom is 0.157 e. The van der Waals surface area contributed by atoms with E-state index in [1.54, 1.807) is 7.11 Å². The molecule has 1 unspecified atom stereocenters. The molecule has 1 aliphatic rings. The van der Waals surface area contributed by atoms with Crippen molar-refractivity contribution in [3.8, 4) is 11.5 Å². The third-order valence-electron chi connectivity index (χ3n) is 6.82. The molecule has 0 radical (unpaired) electrons. The zero-order valence-electron chi connectivity index (χ0n) is 19.9. The van der Waals surface area contributed by atoms with E-state index in [-0.39, 0.29) is 11.7 Å². The van der Waals surface area contributed by atoms with Gasteiger partial charge in [0.05, 0.1) is 24.5 Å². The molecule has 176 valence electrons. The van der Waals surface area contributed by atoms with Gasteiger partial charge in [-0.15, -0.1) is 0 Å². The summed E-state index contributed by atoms with van der Waals surface area (Å²) in [5, 5.41) is 14.7. The number of ketones is 1. The number of carbonyl (C=O) groups excluding carboxylic acids is 1. The van der Waals surface area contributed by atoms with Gasteiger partial charge in [0.2, 0.25) is 0 Å². The second-order valence-electron chi connectivity index (χ2n) is 9.16. The predicted octanol–water partition coefficient (Wildman–Crippen LogP) is 5.25. The number of hydrogen-bond acceptors (Lipinski definition) is 6. The van der Waals surface area contributed by atoms with Crippen LogP contribution in [0.25, 0.3) is 10.9 Å². The Balaban J connectivity index is 1.42. The normalized spacial score (nSPS) is 16.2. The summed E-state index contributed by atoms with van der Waals surface area (Å²) in [5.41, 5.74) is 1.56. The van der Waals surface area contributed by atoms with E-state index in [1.165, 1.54) is 19.0 Å². The van der Waals surface area contributed by atoms with Crippen molar-refractivity contribution >= 4 is 22.4 Å². The molecule has 0 aliphatic carbocycles. The Morgan fingerprint density at radius 2 is 2.12 bits per heavy atom. The topological polar surface area (TPSA) is 74.7 Å². The Morgan fingerprint density at radius 1 is 1.34 bits per heavy atom. The average molecular weight is 442 g/mol. The molecule has 6 nitrogen and oxygen atoms in total. The molecule has 0 spiro atoms. The fourth-order valence-electron chi connectivity index (χ4n) is 4.51. The first kappa shape index (κ1) is 24.3. The third kappa shape index (κ3) is 6.58. The van der Waals surface area contributed by atoms with E-state index < -0.39 is 0 Å². The number of methoxy groups -OCH3 is 1. The Morgan fingerprint density at radius 3 is 2.84 bits per heavy atom. The second kappa shape index (κ2) is 12.0. The summed E-state index contributed by atoms with van der Waals surface area (Å²) >= 11 is 0. The number of aromatic nitrogens is 1. The number of benzene rings is 1. The van der Waals surface area contributed by atoms with E-state index in [4.69, 9.17) is 4.74 Å². The van der Waals surface area contributed by atoms with Crippen LogP contribution in [-0.4, -0.2) is 54.1 Å². The molecule has 3 rings (SSSR count). The second-order valence-corrected chi connectivity index (χ2v) is 9.16. The first-order valence-electron chi connectivity index (χ1n) is 12.2. The molecule has 1 aromatic carbocycles. The SMILES string of the molecule is CCCCC(=O)C(C)CCN1CCC(CCNc2c(O)cnc3ccc(OC)cc23)CC1. The van der Waals surface area contributed by atoms with Gasteiger partial charge in [-0.1, -0.05) is 20.3 Å². The highest BCUT2D eigenvalue weighted by Crippen LogP contribution is 2.33. The van der Waals surface area contributed by atoms with Crippen LogP contribution in [0.15, 0.2) is 24.4 Å². The molecule has 0 amide bonds. The molecule has 1 saturated heterocycles. The third-order valence-corrected chi connectivity index (χ3v) is 6.82. The summed E-state index contributed by atoms with van der Waals surface area (Å²) in [6.07, 6.45) is 8.79. The maximum absolute atomic E-state index is 12.1. The lowest BCUT2D eigenvalue weighted by molar-refractivity contribution is -0.122. The van der Waals surface area contributed by atoms with Crippen molar-refractivity contribution in [3.05, 3.63) is 24.4 Å². The van der Waals surface area contributed by atoms with Crippen LogP contribution in [0.3, 0.4) is 0 Å². The number of unbranched alkanes of at least 4 members (excludes halogenated alkanes) is 1. The predicted molar refractivity (Wildman–Crippen MR) is 131 cm³/mol. The molecule has 2 aromatic rings. The van der Waals surface area contributed by atoms with Gasteiger partial charge in [0.15, 0.2) is 5.75 Å². The van der Waals surface area contributed by atoms with Gasteiger partial charge in [-0.2, -0.15) is 0 Å². The van der Waals surface area contributed by atoms with Crippen LogP contribution in [0.4, 0.5) is 5.69 Å². The molecular formula is C26H39N3O3. The highest BCUT2D eigenvalue weighted by Gasteiger charge is 2.21. The van der Waals surface area contributed by atoms with Crippen LogP contribution in [-0.2, 0) is 4.79 Å². The van der Waals surface area contributed by atoms with Crippen molar-refractivity contribution in [1.82, 2.24) is 9.88 Å². The first-order chi connectivity index (χ1) is 15.5. The highest BCUT2D eigenvalue weighted by molar-refractivity contribution is 5.95. The minimum Gasteiger partial charge on any atom is -0.504 e. The Bertz CT molecular complexity index is 878. The monoisotopic (exact) mass is 441 g/mol. The van der Waals surface area contributed by atoms with Crippen molar-refractivity contribution < 1.29 is 14.6 Å². The quantitative estimate of drug-likeness (QED) is 0.469. The van der Waals surface area contributed by atoms with E-state index in [0.29, 0.717) is 11.7 Å². The Labute approximate surface area is 192 Å². The molecule has 1 aromatic heterocycles. The number of aromatic hydroxyl groups is 1. The maximum atomic E-state index is 12.1. The van der Waals surface area contributed by atoms with Gasteiger partial charge in [-0.3, -0.25) is 9.78 Å². The molecule has 32 heavy (non-hydrogen) atoms. The highest BCUT2D eigenvalue weighted by atomic mass is 16.5. The number of anilines is 1. The number of pyridine rings is 1. The standard InChI is InChI=1S/C26H39N3O3/c1-4-5-6-24(30)19(2)10-14-29-15-11-20(12-16-29)9-13-27-26-22-17-21(32-3)7-8-23(22)28-18-25(26)31/h7-8,17-20,31H,4-6,9-16H2,1-3H3,(H,27,28). The van der Waals surface area contributed by atoms with E-state index in [0.717, 1.165) is 80.6 Å². The van der Waals surface area contributed by atoms with Gasteiger partial charge in [0, 0.05) is 24.3 Å². The van der Waals surface area contributed by atoms with Crippen LogP contribution >= 0.6 is 0 Å². The zero-order chi connectivity index (χ0) is 22.9. The molecule has 1 aliphatic heterocycles. The van der Waals surface area contributed by atoms with Crippen LogP contribution < -0.4 is 10.1 Å². The van der Waals surface area contributed by atoms with Gasteiger partial charge in [-0.05, 0) is 75.9 Å². The van der Waals surface area contributed by atoms with Gasteiger partial charge >= 0.3 is 0 Å². The van der Waals surface area contributed by atoms with Crippen LogP contribution in [0.1, 0.15) is 58.8 Å². The van der Waals surface area contributed by atoms with Crippen LogP contribution in [0.2, 0.25) is 0 Å². The largest absolute Gasteiger partial charge is 0.504 e. The van der Waals surface area contributed by atoms with E-state index in [1.807, 2.05) is 18.2 Å². The fourth-order valence-corrected chi connectivity index (χ4v) is 4.51. The number of ether oxygens (including phenoxy) is 1. The summed E-state index contributed by atoms with van der Waals surface area (Å²) in [6.45, 7) is 8.30. The zero-order valence-corrected chi connectivity index (χ0v) is 19.9. The lowest BCUT2D eigenvalue weighted by atomic mass is 9.92. The van der Waals surface area contributed by atoms with Crippen molar-refractivity contribution in [2.45, 2.75) is 58.8 Å². The first-order valence-corrected chi connectivity index (χ1v) is 12.2. The molecule has 0 bridgehead atoms. The number of fused-ring (bicyclic) bond motifs is 1. The van der Waals surface area contributed by atoms with Gasteiger partial charge < -0.3 is 20.1 Å². The lowest BCUT2D eigenvalue weighted by Gasteiger charge is -2.32.